The Kier molecular flexibility index (Phi) is 9.17. The number of aromatic nitrogens is 4. The van der Waals surface area contributed by atoms with E-state index in [2.05, 4.69) is 25.4 Å². The lowest BCUT2D eigenvalue weighted by atomic mass is 9.95. The van der Waals surface area contributed by atoms with Gasteiger partial charge in [0, 0.05) is 82.2 Å². The topological polar surface area (TPSA) is 103 Å². The fourth-order valence-corrected chi connectivity index (χ4v) is 8.92. The van der Waals surface area contributed by atoms with Gasteiger partial charge >= 0.3 is 6.01 Å². The second kappa shape index (κ2) is 13.8. The van der Waals surface area contributed by atoms with Gasteiger partial charge < -0.3 is 24.5 Å². The SMILES string of the molecule is CCc1c(F)ccc2cc(O)cc(N3CCc4c(nc(OC[C@@]56CCCN5C[C@H](F)C6)nc4N4CCCn5nc(CCC(=O)N(C)C)cc5C4)C3)c12. The maximum atomic E-state index is 15.1. The Morgan fingerprint density at radius 2 is 1.94 bits per heavy atom. The van der Waals surface area contributed by atoms with E-state index >= 15 is 4.39 Å². The van der Waals surface area contributed by atoms with Gasteiger partial charge in [-0.15, -0.1) is 0 Å². The number of fused-ring (bicyclic) bond motifs is 4. The molecule has 0 unspecified atom stereocenters. The third-order valence-corrected chi connectivity index (χ3v) is 11.5. The van der Waals surface area contributed by atoms with E-state index in [1.165, 1.54) is 6.07 Å². The number of anilines is 2. The number of phenolic OH excluding ortho intramolecular Hbond substituents is 1. The Morgan fingerprint density at radius 1 is 1.08 bits per heavy atom. The summed E-state index contributed by atoms with van der Waals surface area (Å²) < 4.78 is 38.3. The molecule has 0 aliphatic carbocycles. The molecule has 8 rings (SSSR count). The van der Waals surface area contributed by atoms with Crippen LogP contribution >= 0.6 is 0 Å². The summed E-state index contributed by atoms with van der Waals surface area (Å²) >= 11 is 0. The zero-order valence-corrected chi connectivity index (χ0v) is 30.4. The minimum atomic E-state index is -0.861. The quantitative estimate of drug-likeness (QED) is 0.251. The van der Waals surface area contributed by atoms with Crippen molar-refractivity contribution in [3.8, 4) is 11.8 Å². The van der Waals surface area contributed by atoms with Crippen LogP contribution in [0.2, 0.25) is 0 Å². The van der Waals surface area contributed by atoms with Gasteiger partial charge in [0.15, 0.2) is 0 Å². The van der Waals surface area contributed by atoms with Gasteiger partial charge in [-0.1, -0.05) is 13.0 Å². The first-order valence-corrected chi connectivity index (χ1v) is 18.7. The van der Waals surface area contributed by atoms with Gasteiger partial charge in [-0.05, 0) is 67.8 Å². The minimum Gasteiger partial charge on any atom is -0.508 e. The van der Waals surface area contributed by atoms with Crippen LogP contribution < -0.4 is 14.5 Å². The maximum Gasteiger partial charge on any atom is 0.318 e. The van der Waals surface area contributed by atoms with Crippen molar-refractivity contribution in [2.45, 2.75) is 89.6 Å². The van der Waals surface area contributed by atoms with E-state index in [-0.39, 0.29) is 29.0 Å². The van der Waals surface area contributed by atoms with Crippen molar-refractivity contribution in [3.63, 3.8) is 0 Å². The van der Waals surface area contributed by atoms with Gasteiger partial charge in [-0.3, -0.25) is 14.4 Å². The Morgan fingerprint density at radius 3 is 2.77 bits per heavy atom. The number of amides is 1. The molecule has 11 nitrogen and oxygen atoms in total. The number of benzene rings is 2. The van der Waals surface area contributed by atoms with Gasteiger partial charge in [0.1, 0.15) is 30.2 Å². The summed E-state index contributed by atoms with van der Waals surface area (Å²) in [6.07, 6.45) is 4.53. The van der Waals surface area contributed by atoms with Gasteiger partial charge in [0.05, 0.1) is 35.7 Å². The first-order chi connectivity index (χ1) is 25.1. The fourth-order valence-electron chi connectivity index (χ4n) is 8.92. The smallest absolute Gasteiger partial charge is 0.318 e. The molecule has 4 aromatic rings. The van der Waals surface area contributed by atoms with Crippen molar-refractivity contribution >= 4 is 28.2 Å². The number of hydrogen-bond donors (Lipinski definition) is 1. The molecule has 52 heavy (non-hydrogen) atoms. The average Bonchev–Trinajstić information content (AvgIpc) is 3.75. The van der Waals surface area contributed by atoms with Crippen LogP contribution in [0.3, 0.4) is 0 Å². The number of alkyl halides is 1. The lowest BCUT2D eigenvalue weighted by molar-refractivity contribution is -0.128. The Balaban J connectivity index is 1.14. The molecule has 2 fully saturated rings. The molecule has 2 aromatic heterocycles. The van der Waals surface area contributed by atoms with Crippen LogP contribution in [0, 0.1) is 5.82 Å². The zero-order chi connectivity index (χ0) is 36.1. The predicted octanol–water partition coefficient (Wildman–Crippen LogP) is 5.18. The second-order valence-corrected chi connectivity index (χ2v) is 15.1. The molecular weight excluding hydrogens is 666 g/mol. The van der Waals surface area contributed by atoms with Crippen LogP contribution in [-0.2, 0) is 43.7 Å². The monoisotopic (exact) mass is 714 g/mol. The number of carbonyl (C=O) groups excluding carboxylic acids is 1. The number of hydrogen-bond acceptors (Lipinski definition) is 9. The van der Waals surface area contributed by atoms with Gasteiger partial charge in [0.25, 0.3) is 0 Å². The molecule has 0 bridgehead atoms. The Hall–Kier alpha value is -4.52. The molecule has 1 amide bonds. The van der Waals surface area contributed by atoms with Crippen LogP contribution in [0.5, 0.6) is 11.8 Å². The number of carbonyl (C=O) groups is 1. The third kappa shape index (κ3) is 6.41. The number of ether oxygens (including phenoxy) is 1. The molecule has 6 heterocycles. The average molecular weight is 715 g/mol. The fraction of sp³-hybridized carbons (Fsp3) is 0.538. The van der Waals surface area contributed by atoms with E-state index in [0.29, 0.717) is 70.5 Å². The molecule has 0 saturated carbocycles. The molecule has 2 aromatic carbocycles. The van der Waals surface area contributed by atoms with Crippen molar-refractivity contribution in [1.82, 2.24) is 29.5 Å². The molecular formula is C39H48F2N8O3. The number of phenols is 1. The van der Waals surface area contributed by atoms with E-state index in [9.17, 15) is 14.3 Å². The molecule has 13 heteroatoms. The normalized spacial score (nSPS) is 21.6. The molecule has 4 aliphatic rings. The van der Waals surface area contributed by atoms with E-state index in [1.54, 1.807) is 37.2 Å². The number of aryl methyl sites for hydroxylation is 3. The van der Waals surface area contributed by atoms with Gasteiger partial charge in [-0.2, -0.15) is 15.1 Å². The largest absolute Gasteiger partial charge is 0.508 e. The number of halogens is 2. The Bertz CT molecular complexity index is 2000. The van der Waals surface area contributed by atoms with Crippen LogP contribution in [-0.4, -0.2) is 99.2 Å². The second-order valence-electron chi connectivity index (χ2n) is 15.1. The molecule has 0 spiro atoms. The van der Waals surface area contributed by atoms with Crippen LogP contribution in [0.1, 0.15) is 67.2 Å². The molecule has 2 saturated heterocycles. The minimum absolute atomic E-state index is 0.0775. The molecule has 0 radical (unpaired) electrons. The number of nitrogens with zero attached hydrogens (tertiary/aromatic N) is 8. The van der Waals surface area contributed by atoms with Crippen molar-refractivity contribution in [3.05, 3.63) is 64.4 Å². The van der Waals surface area contributed by atoms with Crippen LogP contribution in [0.15, 0.2) is 30.3 Å². The van der Waals surface area contributed by atoms with Gasteiger partial charge in [0.2, 0.25) is 5.91 Å². The predicted molar refractivity (Wildman–Crippen MR) is 195 cm³/mol. The molecule has 1 N–H and O–H groups in total. The molecule has 276 valence electrons. The van der Waals surface area contributed by atoms with Crippen molar-refractivity contribution in [1.29, 1.82) is 0 Å². The highest BCUT2D eigenvalue weighted by molar-refractivity contribution is 5.98. The van der Waals surface area contributed by atoms with Crippen molar-refractivity contribution in [2.75, 3.05) is 56.7 Å². The molecule has 4 aliphatic heterocycles. The van der Waals surface area contributed by atoms with E-state index in [4.69, 9.17) is 19.8 Å². The lowest BCUT2D eigenvalue weighted by Crippen LogP contribution is -2.43. The maximum absolute atomic E-state index is 15.1. The van der Waals surface area contributed by atoms with Crippen LogP contribution in [0.4, 0.5) is 20.3 Å². The highest BCUT2D eigenvalue weighted by atomic mass is 19.1. The molecule has 2 atom stereocenters. The first kappa shape index (κ1) is 34.6. The Labute approximate surface area is 303 Å². The summed E-state index contributed by atoms with van der Waals surface area (Å²) in [6.45, 7) is 6.78. The first-order valence-electron chi connectivity index (χ1n) is 18.7. The summed E-state index contributed by atoms with van der Waals surface area (Å²) in [4.78, 5) is 30.7. The summed E-state index contributed by atoms with van der Waals surface area (Å²) in [5.74, 6) is 0.781. The zero-order valence-electron chi connectivity index (χ0n) is 30.4. The summed E-state index contributed by atoms with van der Waals surface area (Å²) in [6, 6.07) is 9.00. The lowest BCUT2D eigenvalue weighted by Gasteiger charge is -2.35. The highest BCUT2D eigenvalue weighted by Crippen LogP contribution is 2.42. The number of aromatic hydroxyl groups is 1. The summed E-state index contributed by atoms with van der Waals surface area (Å²) in [5.41, 5.74) is 4.90. The summed E-state index contributed by atoms with van der Waals surface area (Å²) in [5, 5.41) is 17.2. The van der Waals surface area contributed by atoms with E-state index in [1.807, 2.05) is 6.92 Å². The van der Waals surface area contributed by atoms with Crippen LogP contribution in [0.25, 0.3) is 10.8 Å². The third-order valence-electron chi connectivity index (χ3n) is 11.5. The number of rotatable bonds is 9. The van der Waals surface area contributed by atoms with Crippen molar-refractivity contribution in [2.24, 2.45) is 0 Å². The van der Waals surface area contributed by atoms with E-state index in [0.717, 1.165) is 83.8 Å². The summed E-state index contributed by atoms with van der Waals surface area (Å²) in [7, 11) is 3.54. The van der Waals surface area contributed by atoms with Crippen molar-refractivity contribution < 1.29 is 23.4 Å². The highest BCUT2D eigenvalue weighted by Gasteiger charge is 2.49. The standard InChI is InChI=1S/C39H48F2N8O3/c1-4-30-32(41)9-7-25-17-29(50)19-34(36(25)30)46-16-11-31-33(23-46)42-38(52-24-39-12-5-14-48(39)21-26(40)20-39)43-37(31)47-13-6-15-49-28(22-47)18-27(44-49)8-10-35(51)45(2)3/h7,9,17-19,26,50H,4-6,8,10-16,20-24H2,1-3H3/t26-,39+/m1/s1. The van der Waals surface area contributed by atoms with E-state index < -0.39 is 6.17 Å². The van der Waals surface area contributed by atoms with Gasteiger partial charge in [-0.25, -0.2) is 8.78 Å².